The highest BCUT2D eigenvalue weighted by Crippen LogP contribution is 2.48. The Bertz CT molecular complexity index is 1460. The molecule has 2 saturated heterocycles. The van der Waals surface area contributed by atoms with Crippen LogP contribution in [-0.4, -0.2) is 87.8 Å². The zero-order chi connectivity index (χ0) is 30.3. The van der Waals surface area contributed by atoms with Crippen LogP contribution in [0, 0.1) is 0 Å². The van der Waals surface area contributed by atoms with Crippen LogP contribution in [0.25, 0.3) is 0 Å². The third kappa shape index (κ3) is 5.42. The number of amides is 1. The molecule has 1 amide bonds. The maximum atomic E-state index is 14.4. The Hall–Kier alpha value is -3.66. The van der Waals surface area contributed by atoms with Gasteiger partial charge in [0.2, 0.25) is 11.9 Å². The van der Waals surface area contributed by atoms with E-state index in [4.69, 9.17) is 15.0 Å². The van der Waals surface area contributed by atoms with Gasteiger partial charge in [-0.25, -0.2) is 9.97 Å². The Labute approximate surface area is 262 Å². The van der Waals surface area contributed by atoms with Gasteiger partial charge in [-0.05, 0) is 51.6 Å². The summed E-state index contributed by atoms with van der Waals surface area (Å²) in [6, 6.07) is 15.6. The van der Waals surface area contributed by atoms with Gasteiger partial charge in [0.05, 0.1) is 11.9 Å². The molecule has 0 radical (unpaired) electrons. The number of carbonyl (C=O) groups excluding carboxylic acids is 1. The smallest absolute Gasteiger partial charge is 0.259 e. The average Bonchev–Trinajstić information content (AvgIpc) is 3.76. The minimum absolute atomic E-state index is 0.148. The lowest BCUT2D eigenvalue weighted by Crippen LogP contribution is -2.58. The molecule has 1 unspecified atom stereocenters. The maximum absolute atomic E-state index is 14.4. The van der Waals surface area contributed by atoms with Crippen LogP contribution in [0.15, 0.2) is 54.9 Å². The van der Waals surface area contributed by atoms with Gasteiger partial charge < -0.3 is 19.9 Å². The summed E-state index contributed by atoms with van der Waals surface area (Å²) in [7, 11) is 0. The molecular weight excluding hydrogens is 547 g/mol. The van der Waals surface area contributed by atoms with Gasteiger partial charge in [-0.1, -0.05) is 55.6 Å². The SMILES string of the molecule is CB(Cc1ccccc1)N1CCC2(Cc3cnc(Nc4ccc(N5CCN(C(C)C)CC5)cn4)nc3N2C2CCCC2)C1=O. The Morgan fingerprint density at radius 2 is 1.75 bits per heavy atom. The molecular formula is C34H45BN8O. The summed E-state index contributed by atoms with van der Waals surface area (Å²) in [5.41, 5.74) is 2.94. The molecule has 9 nitrogen and oxygen atoms in total. The van der Waals surface area contributed by atoms with Crippen LogP contribution >= 0.6 is 0 Å². The first-order valence-corrected chi connectivity index (χ1v) is 16.6. The van der Waals surface area contributed by atoms with Crippen LogP contribution in [0.3, 0.4) is 0 Å². The van der Waals surface area contributed by atoms with Crippen LogP contribution in [0.5, 0.6) is 0 Å². The highest BCUT2D eigenvalue weighted by atomic mass is 16.2. The number of fused-ring (bicyclic) bond motifs is 1. The van der Waals surface area contributed by atoms with E-state index in [1.807, 2.05) is 24.5 Å². The fraction of sp³-hybridized carbons (Fsp3) is 0.529. The summed E-state index contributed by atoms with van der Waals surface area (Å²) in [6.07, 6.45) is 10.9. The predicted octanol–water partition coefficient (Wildman–Crippen LogP) is 4.83. The van der Waals surface area contributed by atoms with Crippen molar-refractivity contribution in [2.45, 2.75) is 83.1 Å². The van der Waals surface area contributed by atoms with Crippen molar-refractivity contribution in [3.63, 3.8) is 0 Å². The van der Waals surface area contributed by atoms with E-state index in [2.05, 4.69) is 75.8 Å². The third-order valence-corrected chi connectivity index (χ3v) is 10.4. The summed E-state index contributed by atoms with van der Waals surface area (Å²) in [6.45, 7) is 11.8. The highest BCUT2D eigenvalue weighted by molar-refractivity contribution is 6.57. The number of anilines is 4. The van der Waals surface area contributed by atoms with Crippen LogP contribution in [0.2, 0.25) is 6.82 Å². The summed E-state index contributed by atoms with van der Waals surface area (Å²) in [4.78, 5) is 38.4. The largest absolute Gasteiger partial charge is 0.384 e. The van der Waals surface area contributed by atoms with E-state index < -0.39 is 5.54 Å². The molecule has 0 bridgehead atoms. The molecule has 1 N–H and O–H groups in total. The third-order valence-electron chi connectivity index (χ3n) is 10.4. The van der Waals surface area contributed by atoms with E-state index in [1.165, 1.54) is 18.4 Å². The number of benzene rings is 1. The van der Waals surface area contributed by atoms with E-state index in [-0.39, 0.29) is 12.8 Å². The standard InChI is InChI=1S/C34H45BN8O/c1-25(2)40-17-19-41(20-18-40)29-13-14-30(36-24-29)38-33-37-23-27-21-34(43(31(27)39-33)28-11-7-8-12-28)15-16-42(32(34)44)35(3)22-26-9-5-4-6-10-26/h4-6,9-10,13-14,23-25,28H,7-8,11-12,15-22H2,1-3H3,(H,36,37,38,39). The molecule has 3 aromatic rings. The molecule has 7 rings (SSSR count). The summed E-state index contributed by atoms with van der Waals surface area (Å²) in [5.74, 6) is 2.45. The number of nitrogens with zero attached hydrogens (tertiary/aromatic N) is 7. The van der Waals surface area contributed by atoms with Crippen molar-refractivity contribution in [1.29, 1.82) is 0 Å². The summed E-state index contributed by atoms with van der Waals surface area (Å²) >= 11 is 0. The normalized spacial score (nSPS) is 22.5. The molecule has 230 valence electrons. The second-order valence-electron chi connectivity index (χ2n) is 13.5. The second-order valence-corrected chi connectivity index (χ2v) is 13.5. The van der Waals surface area contributed by atoms with E-state index >= 15 is 0 Å². The van der Waals surface area contributed by atoms with Crippen molar-refractivity contribution in [1.82, 2.24) is 24.7 Å². The first-order chi connectivity index (χ1) is 21.4. The molecule has 10 heteroatoms. The quantitative estimate of drug-likeness (QED) is 0.373. The molecule has 1 aromatic carbocycles. The van der Waals surface area contributed by atoms with E-state index in [0.717, 1.165) is 81.2 Å². The number of rotatable bonds is 8. The average molecular weight is 593 g/mol. The molecule has 3 aliphatic heterocycles. The van der Waals surface area contributed by atoms with Crippen LogP contribution < -0.4 is 15.1 Å². The minimum Gasteiger partial charge on any atom is -0.384 e. The lowest BCUT2D eigenvalue weighted by Gasteiger charge is -2.40. The summed E-state index contributed by atoms with van der Waals surface area (Å²) in [5, 5.41) is 3.36. The topological polar surface area (TPSA) is 80.7 Å². The number of carbonyl (C=O) groups is 1. The first-order valence-electron chi connectivity index (χ1n) is 16.6. The fourth-order valence-electron chi connectivity index (χ4n) is 7.99. The molecule has 1 aliphatic carbocycles. The van der Waals surface area contributed by atoms with Gasteiger partial charge >= 0.3 is 0 Å². The zero-order valence-corrected chi connectivity index (χ0v) is 26.5. The minimum atomic E-state index is -0.560. The molecule has 1 atom stereocenters. The summed E-state index contributed by atoms with van der Waals surface area (Å²) < 4.78 is 0. The van der Waals surface area contributed by atoms with E-state index in [1.54, 1.807) is 0 Å². The monoisotopic (exact) mass is 592 g/mol. The van der Waals surface area contributed by atoms with E-state index in [0.29, 0.717) is 24.5 Å². The van der Waals surface area contributed by atoms with Gasteiger partial charge in [-0.15, -0.1) is 0 Å². The number of aromatic nitrogens is 3. The van der Waals surface area contributed by atoms with Gasteiger partial charge in [0.1, 0.15) is 17.2 Å². The van der Waals surface area contributed by atoms with Gasteiger partial charge in [0, 0.05) is 63.0 Å². The van der Waals surface area contributed by atoms with Gasteiger partial charge in [-0.2, -0.15) is 4.98 Å². The lowest BCUT2D eigenvalue weighted by atomic mass is 9.58. The first kappa shape index (κ1) is 29.1. The number of hydrogen-bond acceptors (Lipinski definition) is 8. The van der Waals surface area contributed by atoms with Gasteiger partial charge in [0.25, 0.3) is 6.85 Å². The molecule has 2 aromatic heterocycles. The second kappa shape index (κ2) is 12.0. The van der Waals surface area contributed by atoms with Crippen molar-refractivity contribution in [2.24, 2.45) is 0 Å². The number of hydrogen-bond donors (Lipinski definition) is 1. The molecule has 3 fully saturated rings. The van der Waals surface area contributed by atoms with Gasteiger partial charge in [0.15, 0.2) is 0 Å². The number of pyridine rings is 1. The Balaban J connectivity index is 1.08. The van der Waals surface area contributed by atoms with E-state index in [9.17, 15) is 4.79 Å². The van der Waals surface area contributed by atoms with Crippen LogP contribution in [-0.2, 0) is 17.5 Å². The fourth-order valence-corrected chi connectivity index (χ4v) is 7.99. The number of piperazine rings is 1. The molecule has 44 heavy (non-hydrogen) atoms. The van der Waals surface area contributed by atoms with Gasteiger partial charge in [-0.3, -0.25) is 9.69 Å². The predicted molar refractivity (Wildman–Crippen MR) is 178 cm³/mol. The van der Waals surface area contributed by atoms with Crippen LogP contribution in [0.1, 0.15) is 57.1 Å². The van der Waals surface area contributed by atoms with Crippen molar-refractivity contribution in [3.8, 4) is 0 Å². The molecule has 1 saturated carbocycles. The molecule has 1 spiro atoms. The lowest BCUT2D eigenvalue weighted by molar-refractivity contribution is -0.128. The van der Waals surface area contributed by atoms with Crippen LogP contribution in [0.4, 0.5) is 23.3 Å². The Kier molecular flexibility index (Phi) is 7.95. The number of nitrogens with one attached hydrogen (secondary N) is 1. The Morgan fingerprint density at radius 1 is 0.977 bits per heavy atom. The zero-order valence-electron chi connectivity index (χ0n) is 26.5. The maximum Gasteiger partial charge on any atom is 0.259 e. The van der Waals surface area contributed by atoms with Crippen molar-refractivity contribution < 1.29 is 4.79 Å². The highest BCUT2D eigenvalue weighted by Gasteiger charge is 2.58. The molecule has 5 heterocycles. The van der Waals surface area contributed by atoms with Crippen molar-refractivity contribution >= 4 is 36.0 Å². The molecule has 4 aliphatic rings. The van der Waals surface area contributed by atoms with Crippen molar-refractivity contribution in [2.75, 3.05) is 47.8 Å². The van der Waals surface area contributed by atoms with Crippen molar-refractivity contribution in [3.05, 3.63) is 66.0 Å². The Morgan fingerprint density at radius 3 is 2.45 bits per heavy atom.